The molecule has 1 amide bonds. The van der Waals surface area contributed by atoms with E-state index < -0.39 is 0 Å². The molecule has 0 spiro atoms. The molecule has 3 rings (SSSR count). The molecule has 0 saturated carbocycles. The summed E-state index contributed by atoms with van der Waals surface area (Å²) in [7, 11) is 3.60. The SMILES string of the molecule is COc1ccc(CCCc2nnc(SCC(=O)Nc3nccs3)n2C)cc1. The van der Waals surface area contributed by atoms with Gasteiger partial charge in [-0.3, -0.25) is 4.79 Å². The summed E-state index contributed by atoms with van der Waals surface area (Å²) in [6.45, 7) is 0. The Bertz CT molecular complexity index is 863. The summed E-state index contributed by atoms with van der Waals surface area (Å²) < 4.78 is 7.13. The van der Waals surface area contributed by atoms with Crippen LogP contribution in [0, 0.1) is 0 Å². The molecular weight excluding hydrogens is 382 g/mol. The summed E-state index contributed by atoms with van der Waals surface area (Å²) >= 11 is 2.77. The lowest BCUT2D eigenvalue weighted by Crippen LogP contribution is -2.14. The van der Waals surface area contributed by atoms with Crippen LogP contribution >= 0.6 is 23.1 Å². The van der Waals surface area contributed by atoms with Crippen molar-refractivity contribution in [2.75, 3.05) is 18.2 Å². The van der Waals surface area contributed by atoms with Crippen LogP contribution in [0.1, 0.15) is 17.8 Å². The first-order valence-electron chi connectivity index (χ1n) is 8.49. The minimum Gasteiger partial charge on any atom is -0.497 e. The van der Waals surface area contributed by atoms with Crippen molar-refractivity contribution in [3.8, 4) is 5.75 Å². The molecule has 7 nitrogen and oxygen atoms in total. The largest absolute Gasteiger partial charge is 0.497 e. The Morgan fingerprint density at radius 2 is 2.07 bits per heavy atom. The molecule has 1 aromatic carbocycles. The van der Waals surface area contributed by atoms with Gasteiger partial charge < -0.3 is 14.6 Å². The van der Waals surface area contributed by atoms with Crippen LogP contribution in [0.4, 0.5) is 5.13 Å². The van der Waals surface area contributed by atoms with E-state index in [1.165, 1.54) is 28.7 Å². The fourth-order valence-corrected chi connectivity index (χ4v) is 3.78. The number of aryl methyl sites for hydroxylation is 2. The summed E-state index contributed by atoms with van der Waals surface area (Å²) in [5.41, 5.74) is 1.27. The van der Waals surface area contributed by atoms with Crippen molar-refractivity contribution < 1.29 is 9.53 Å². The van der Waals surface area contributed by atoms with Crippen LogP contribution in [0.15, 0.2) is 41.0 Å². The van der Waals surface area contributed by atoms with E-state index in [0.717, 1.165) is 36.0 Å². The van der Waals surface area contributed by atoms with Gasteiger partial charge in [0.1, 0.15) is 11.6 Å². The van der Waals surface area contributed by atoms with E-state index >= 15 is 0 Å². The molecule has 0 aliphatic carbocycles. The molecule has 2 heterocycles. The molecule has 2 aromatic heterocycles. The van der Waals surface area contributed by atoms with Crippen molar-refractivity contribution >= 4 is 34.1 Å². The molecule has 27 heavy (non-hydrogen) atoms. The predicted octanol–water partition coefficient (Wildman–Crippen LogP) is 3.19. The van der Waals surface area contributed by atoms with Gasteiger partial charge in [0, 0.05) is 25.0 Å². The second-order valence-corrected chi connectivity index (χ2v) is 7.67. The number of hydrogen-bond acceptors (Lipinski definition) is 7. The normalized spacial score (nSPS) is 10.7. The van der Waals surface area contributed by atoms with E-state index in [0.29, 0.717) is 5.13 Å². The van der Waals surface area contributed by atoms with E-state index in [1.807, 2.05) is 29.1 Å². The Kier molecular flexibility index (Phi) is 6.83. The number of methoxy groups -OCH3 is 1. The summed E-state index contributed by atoms with van der Waals surface area (Å²) in [6, 6.07) is 8.11. The average molecular weight is 404 g/mol. The van der Waals surface area contributed by atoms with Gasteiger partial charge in [0.2, 0.25) is 5.91 Å². The summed E-state index contributed by atoms with van der Waals surface area (Å²) in [4.78, 5) is 16.0. The first-order valence-corrected chi connectivity index (χ1v) is 10.4. The smallest absolute Gasteiger partial charge is 0.236 e. The number of nitrogens with zero attached hydrogens (tertiary/aromatic N) is 4. The number of rotatable bonds is 9. The molecule has 142 valence electrons. The predicted molar refractivity (Wildman–Crippen MR) is 107 cm³/mol. The van der Waals surface area contributed by atoms with Crippen LogP contribution in [0.2, 0.25) is 0 Å². The lowest BCUT2D eigenvalue weighted by molar-refractivity contribution is -0.113. The number of nitrogens with one attached hydrogen (secondary N) is 1. The lowest BCUT2D eigenvalue weighted by Gasteiger charge is -2.05. The van der Waals surface area contributed by atoms with Crippen molar-refractivity contribution in [3.63, 3.8) is 0 Å². The van der Waals surface area contributed by atoms with Crippen LogP contribution in [0.3, 0.4) is 0 Å². The summed E-state index contributed by atoms with van der Waals surface area (Å²) in [5, 5.41) is 14.4. The number of benzene rings is 1. The number of carbonyl (C=O) groups excluding carboxylic acids is 1. The van der Waals surface area contributed by atoms with Gasteiger partial charge in [-0.15, -0.1) is 21.5 Å². The highest BCUT2D eigenvalue weighted by molar-refractivity contribution is 7.99. The van der Waals surface area contributed by atoms with Gasteiger partial charge in [-0.25, -0.2) is 4.98 Å². The van der Waals surface area contributed by atoms with Gasteiger partial charge in [0.05, 0.1) is 12.9 Å². The molecule has 1 N–H and O–H groups in total. The molecule has 0 unspecified atom stereocenters. The fraction of sp³-hybridized carbons (Fsp3) is 0.333. The quantitative estimate of drug-likeness (QED) is 0.553. The minimum absolute atomic E-state index is 0.0981. The number of thiazole rings is 1. The second-order valence-electron chi connectivity index (χ2n) is 5.83. The van der Waals surface area contributed by atoms with E-state index in [-0.39, 0.29) is 11.7 Å². The highest BCUT2D eigenvalue weighted by Crippen LogP contribution is 2.18. The standard InChI is InChI=1S/C18H21N5O2S2/c1-23-15(5-3-4-13-6-8-14(25-2)9-7-13)21-22-18(23)27-12-16(24)20-17-19-10-11-26-17/h6-11H,3-5,12H2,1-2H3,(H,19,20,24). The average Bonchev–Trinajstić information content (AvgIpc) is 3.31. The van der Waals surface area contributed by atoms with Crippen molar-refractivity contribution in [3.05, 3.63) is 47.2 Å². The molecule has 0 aliphatic rings. The molecule has 0 bridgehead atoms. The van der Waals surface area contributed by atoms with Gasteiger partial charge in [0.15, 0.2) is 10.3 Å². The zero-order valence-electron chi connectivity index (χ0n) is 15.2. The van der Waals surface area contributed by atoms with Crippen molar-refractivity contribution in [1.82, 2.24) is 19.7 Å². The van der Waals surface area contributed by atoms with Gasteiger partial charge in [-0.1, -0.05) is 23.9 Å². The Morgan fingerprint density at radius 1 is 1.26 bits per heavy atom. The van der Waals surface area contributed by atoms with Gasteiger partial charge in [0.25, 0.3) is 0 Å². The third kappa shape index (κ3) is 5.54. The Morgan fingerprint density at radius 3 is 2.78 bits per heavy atom. The van der Waals surface area contributed by atoms with Crippen LogP contribution in [0.25, 0.3) is 0 Å². The molecule has 0 atom stereocenters. The number of aromatic nitrogens is 4. The first-order chi connectivity index (χ1) is 13.2. The zero-order chi connectivity index (χ0) is 19.1. The Labute approximate surface area is 166 Å². The van der Waals surface area contributed by atoms with Crippen LogP contribution in [0.5, 0.6) is 5.75 Å². The fourth-order valence-electron chi connectivity index (χ4n) is 2.50. The number of carbonyl (C=O) groups is 1. The molecule has 0 radical (unpaired) electrons. The van der Waals surface area contributed by atoms with E-state index in [4.69, 9.17) is 4.74 Å². The van der Waals surface area contributed by atoms with Gasteiger partial charge >= 0.3 is 0 Å². The lowest BCUT2D eigenvalue weighted by atomic mass is 10.1. The van der Waals surface area contributed by atoms with Gasteiger partial charge in [-0.05, 0) is 30.5 Å². The third-order valence-corrected chi connectivity index (χ3v) is 5.67. The number of anilines is 1. The van der Waals surface area contributed by atoms with E-state index in [2.05, 4.69) is 32.6 Å². The number of thioether (sulfide) groups is 1. The zero-order valence-corrected chi connectivity index (χ0v) is 16.8. The third-order valence-electron chi connectivity index (χ3n) is 3.96. The topological polar surface area (TPSA) is 81.9 Å². The van der Waals surface area contributed by atoms with Crippen LogP contribution in [-0.4, -0.2) is 38.5 Å². The highest BCUT2D eigenvalue weighted by atomic mass is 32.2. The molecule has 0 aliphatic heterocycles. The maximum atomic E-state index is 11.9. The monoisotopic (exact) mass is 403 g/mol. The Hall–Kier alpha value is -2.39. The number of ether oxygens (including phenoxy) is 1. The second kappa shape index (κ2) is 9.52. The van der Waals surface area contributed by atoms with Gasteiger partial charge in [-0.2, -0.15) is 0 Å². The summed E-state index contributed by atoms with van der Waals surface area (Å²) in [5.74, 6) is 1.97. The molecule has 3 aromatic rings. The Balaban J connectivity index is 1.45. The molecule has 9 heteroatoms. The maximum absolute atomic E-state index is 11.9. The first kappa shape index (κ1) is 19.4. The number of hydrogen-bond donors (Lipinski definition) is 1. The van der Waals surface area contributed by atoms with E-state index in [9.17, 15) is 4.79 Å². The molecule has 0 saturated heterocycles. The highest BCUT2D eigenvalue weighted by Gasteiger charge is 2.12. The summed E-state index contributed by atoms with van der Waals surface area (Å²) in [6.07, 6.45) is 4.44. The minimum atomic E-state index is -0.0981. The van der Waals surface area contributed by atoms with Crippen LogP contribution in [-0.2, 0) is 24.7 Å². The number of amides is 1. The maximum Gasteiger partial charge on any atom is 0.236 e. The van der Waals surface area contributed by atoms with E-state index in [1.54, 1.807) is 13.3 Å². The van der Waals surface area contributed by atoms with Crippen molar-refractivity contribution in [2.45, 2.75) is 24.4 Å². The molecule has 0 fully saturated rings. The van der Waals surface area contributed by atoms with Crippen molar-refractivity contribution in [1.29, 1.82) is 0 Å². The van der Waals surface area contributed by atoms with Crippen LogP contribution < -0.4 is 10.1 Å². The molecular formula is C18H21N5O2S2. The van der Waals surface area contributed by atoms with Crippen molar-refractivity contribution in [2.24, 2.45) is 7.05 Å².